The van der Waals surface area contributed by atoms with Crippen LogP contribution < -0.4 is 4.80 Å². The molecule has 0 atom stereocenters. The van der Waals surface area contributed by atoms with E-state index >= 15 is 0 Å². The lowest BCUT2D eigenvalue weighted by molar-refractivity contribution is -0.384. The van der Waals surface area contributed by atoms with Crippen LogP contribution in [0.2, 0.25) is 0 Å². The number of terminal acetylenes is 1. The van der Waals surface area contributed by atoms with Crippen LogP contribution >= 0.6 is 11.3 Å². The van der Waals surface area contributed by atoms with Crippen LogP contribution in [-0.4, -0.2) is 15.4 Å². The predicted molar refractivity (Wildman–Crippen MR) is 91.6 cm³/mol. The number of carbonyl (C=O) groups is 1. The molecule has 1 amide bonds. The zero-order valence-corrected chi connectivity index (χ0v) is 13.5. The van der Waals surface area contributed by atoms with Crippen molar-refractivity contribution in [2.24, 2.45) is 4.99 Å². The Morgan fingerprint density at radius 1 is 1.36 bits per heavy atom. The number of fused-ring (bicyclic) bond motifs is 1. The maximum Gasteiger partial charge on any atom is 0.279 e. The Morgan fingerprint density at radius 3 is 2.88 bits per heavy atom. The van der Waals surface area contributed by atoms with Gasteiger partial charge in [-0.25, -0.2) is 4.39 Å². The molecule has 2 aromatic carbocycles. The van der Waals surface area contributed by atoms with Crippen molar-refractivity contribution >= 4 is 33.1 Å². The summed E-state index contributed by atoms with van der Waals surface area (Å²) in [5.74, 6) is 1.43. The molecule has 0 aliphatic rings. The number of nitrogens with zero attached hydrogens (tertiary/aromatic N) is 3. The molecular weight excluding hydrogens is 345 g/mol. The molecular formula is C17H10FN3O3S. The van der Waals surface area contributed by atoms with Gasteiger partial charge in [-0.2, -0.15) is 4.99 Å². The number of benzene rings is 2. The van der Waals surface area contributed by atoms with Crippen LogP contribution in [0, 0.1) is 28.3 Å². The number of hydrogen-bond donors (Lipinski definition) is 0. The minimum Gasteiger partial charge on any atom is -0.305 e. The molecule has 3 aromatic rings. The second-order valence-electron chi connectivity index (χ2n) is 5.01. The third kappa shape index (κ3) is 3.32. The molecule has 0 N–H and O–H groups in total. The number of hydrogen-bond acceptors (Lipinski definition) is 4. The van der Waals surface area contributed by atoms with Crippen LogP contribution in [0.15, 0.2) is 47.5 Å². The van der Waals surface area contributed by atoms with E-state index in [1.165, 1.54) is 30.3 Å². The van der Waals surface area contributed by atoms with Crippen molar-refractivity contribution in [3.05, 3.63) is 68.8 Å². The van der Waals surface area contributed by atoms with Gasteiger partial charge < -0.3 is 4.57 Å². The minimum atomic E-state index is -0.638. The summed E-state index contributed by atoms with van der Waals surface area (Å²) in [6, 6.07) is 9.50. The zero-order valence-electron chi connectivity index (χ0n) is 12.7. The van der Waals surface area contributed by atoms with E-state index in [-0.39, 0.29) is 17.8 Å². The molecule has 0 aliphatic carbocycles. The first-order valence-corrected chi connectivity index (χ1v) is 7.87. The smallest absolute Gasteiger partial charge is 0.279 e. The average Bonchev–Trinajstić information content (AvgIpc) is 2.91. The Morgan fingerprint density at radius 2 is 2.16 bits per heavy atom. The van der Waals surface area contributed by atoms with Gasteiger partial charge in [-0.3, -0.25) is 14.9 Å². The normalized spacial score (nSPS) is 11.4. The first-order chi connectivity index (χ1) is 12.0. The Bertz CT molecular complexity index is 1110. The highest BCUT2D eigenvalue weighted by Crippen LogP contribution is 2.19. The number of nitro benzene ring substituents is 1. The van der Waals surface area contributed by atoms with Crippen LogP contribution in [0.1, 0.15) is 10.4 Å². The highest BCUT2D eigenvalue weighted by Gasteiger charge is 2.12. The van der Waals surface area contributed by atoms with E-state index in [1.807, 2.05) is 0 Å². The van der Waals surface area contributed by atoms with Gasteiger partial charge in [-0.15, -0.1) is 6.42 Å². The fourth-order valence-corrected chi connectivity index (χ4v) is 3.33. The third-order valence-electron chi connectivity index (χ3n) is 3.40. The molecule has 0 aliphatic heterocycles. The summed E-state index contributed by atoms with van der Waals surface area (Å²) in [5, 5.41) is 10.8. The molecule has 0 radical (unpaired) electrons. The monoisotopic (exact) mass is 355 g/mol. The maximum atomic E-state index is 13.4. The molecule has 0 bridgehead atoms. The van der Waals surface area contributed by atoms with Crippen molar-refractivity contribution in [2.45, 2.75) is 6.54 Å². The van der Waals surface area contributed by atoms with E-state index in [0.717, 1.165) is 17.4 Å². The van der Waals surface area contributed by atoms with Crippen LogP contribution in [0.5, 0.6) is 0 Å². The van der Waals surface area contributed by atoms with Gasteiger partial charge in [0, 0.05) is 17.7 Å². The van der Waals surface area contributed by atoms with E-state index in [2.05, 4.69) is 10.9 Å². The molecule has 6 nitrogen and oxygen atoms in total. The van der Waals surface area contributed by atoms with Crippen molar-refractivity contribution in [3.63, 3.8) is 0 Å². The molecule has 0 saturated carbocycles. The SMILES string of the molecule is C#CCn1c(=NC(=O)c2cccc([N+](=O)[O-])c2)sc2cc(F)ccc21. The van der Waals surface area contributed by atoms with Gasteiger partial charge in [-0.05, 0) is 24.3 Å². The van der Waals surface area contributed by atoms with Gasteiger partial charge in [0.15, 0.2) is 4.80 Å². The highest BCUT2D eigenvalue weighted by molar-refractivity contribution is 7.16. The van der Waals surface area contributed by atoms with E-state index in [4.69, 9.17) is 6.42 Å². The van der Waals surface area contributed by atoms with Gasteiger partial charge in [0.25, 0.3) is 11.6 Å². The Hall–Kier alpha value is -3.31. The Balaban J connectivity index is 2.13. The molecule has 0 spiro atoms. The molecule has 1 aromatic heterocycles. The number of halogens is 1. The molecule has 25 heavy (non-hydrogen) atoms. The minimum absolute atomic E-state index is 0.0881. The van der Waals surface area contributed by atoms with Crippen molar-refractivity contribution < 1.29 is 14.1 Å². The van der Waals surface area contributed by atoms with Gasteiger partial charge >= 0.3 is 0 Å². The lowest BCUT2D eigenvalue weighted by atomic mass is 10.2. The van der Waals surface area contributed by atoms with Crippen molar-refractivity contribution in [1.29, 1.82) is 0 Å². The zero-order chi connectivity index (χ0) is 18.0. The van der Waals surface area contributed by atoms with E-state index < -0.39 is 16.6 Å². The first kappa shape index (κ1) is 16.5. The van der Waals surface area contributed by atoms with Crippen molar-refractivity contribution in [2.75, 3.05) is 0 Å². The molecule has 1 heterocycles. The lowest BCUT2D eigenvalue weighted by Gasteiger charge is -1.99. The summed E-state index contributed by atoms with van der Waals surface area (Å²) in [7, 11) is 0. The standard InChI is InChI=1S/C17H10FN3O3S/c1-2-8-20-14-7-6-12(18)10-15(14)25-17(20)19-16(22)11-4-3-5-13(9-11)21(23)24/h1,3-7,9-10H,8H2. The van der Waals surface area contributed by atoms with Crippen LogP contribution in [0.25, 0.3) is 10.2 Å². The predicted octanol–water partition coefficient (Wildman–Crippen LogP) is 3.12. The van der Waals surface area contributed by atoms with Gasteiger partial charge in [0.05, 0.1) is 21.7 Å². The second-order valence-corrected chi connectivity index (χ2v) is 6.02. The summed E-state index contributed by atoms with van der Waals surface area (Å²) in [6.07, 6.45) is 5.36. The second kappa shape index (κ2) is 6.67. The maximum absolute atomic E-state index is 13.4. The third-order valence-corrected chi connectivity index (χ3v) is 4.44. The summed E-state index contributed by atoms with van der Waals surface area (Å²) in [6.45, 7) is 0.159. The molecule has 0 unspecified atom stereocenters. The van der Waals surface area contributed by atoms with Crippen molar-refractivity contribution in [3.8, 4) is 12.3 Å². The summed E-state index contributed by atoms with van der Waals surface area (Å²) >= 11 is 1.12. The summed E-state index contributed by atoms with van der Waals surface area (Å²) in [4.78, 5) is 26.9. The fourth-order valence-electron chi connectivity index (χ4n) is 2.28. The van der Waals surface area contributed by atoms with E-state index in [1.54, 1.807) is 10.6 Å². The summed E-state index contributed by atoms with van der Waals surface area (Å²) < 4.78 is 15.6. The van der Waals surface area contributed by atoms with Crippen LogP contribution in [0.4, 0.5) is 10.1 Å². The topological polar surface area (TPSA) is 77.5 Å². The Labute approximate surface area is 145 Å². The largest absolute Gasteiger partial charge is 0.305 e. The first-order valence-electron chi connectivity index (χ1n) is 7.05. The van der Waals surface area contributed by atoms with E-state index in [9.17, 15) is 19.3 Å². The highest BCUT2D eigenvalue weighted by atomic mass is 32.1. The van der Waals surface area contributed by atoms with Crippen molar-refractivity contribution in [1.82, 2.24) is 4.57 Å². The number of thiazole rings is 1. The lowest BCUT2D eigenvalue weighted by Crippen LogP contribution is -2.16. The molecule has 124 valence electrons. The van der Waals surface area contributed by atoms with Crippen LogP contribution in [0.3, 0.4) is 0 Å². The molecule has 0 fully saturated rings. The fraction of sp³-hybridized carbons (Fsp3) is 0.0588. The Kier molecular flexibility index (Phi) is 4.41. The average molecular weight is 355 g/mol. The number of amides is 1. The molecule has 8 heteroatoms. The van der Waals surface area contributed by atoms with E-state index in [0.29, 0.717) is 15.0 Å². The van der Waals surface area contributed by atoms with Gasteiger partial charge in [0.2, 0.25) is 0 Å². The summed E-state index contributed by atoms with van der Waals surface area (Å²) in [5.41, 5.74) is 0.552. The van der Waals surface area contributed by atoms with Crippen LogP contribution in [-0.2, 0) is 6.54 Å². The van der Waals surface area contributed by atoms with Gasteiger partial charge in [-0.1, -0.05) is 23.3 Å². The number of non-ortho nitro benzene ring substituents is 1. The number of carbonyl (C=O) groups excluding carboxylic acids is 1. The number of aromatic nitrogens is 1. The molecule has 3 rings (SSSR count). The molecule has 0 saturated heterocycles. The quantitative estimate of drug-likeness (QED) is 0.411. The van der Waals surface area contributed by atoms with Gasteiger partial charge in [0.1, 0.15) is 5.82 Å². The number of nitro groups is 1. The number of rotatable bonds is 3.